The smallest absolute Gasteiger partial charge is 0.0350 e. The topological polar surface area (TPSA) is 32.5 Å². The summed E-state index contributed by atoms with van der Waals surface area (Å²) in [5, 5.41) is 0. The molecule has 0 amide bonds. The average molecular weight is 169 g/mol. The maximum Gasteiger partial charge on any atom is 0.0350 e. The molecule has 0 unspecified atom stereocenters. The summed E-state index contributed by atoms with van der Waals surface area (Å²) in [5.41, 5.74) is 5.85. The van der Waals surface area contributed by atoms with E-state index in [4.69, 9.17) is 5.73 Å². The van der Waals surface area contributed by atoms with E-state index in [1.807, 2.05) is 0 Å². The SMILES string of the molecule is CN1CC(N2CCC(N)CC2)C1. The number of likely N-dealkylation sites (N-methyl/N-ethyl adjacent to an activating group) is 1. The number of hydrogen-bond donors (Lipinski definition) is 1. The minimum atomic E-state index is 0.471. The molecule has 0 atom stereocenters. The standard InChI is InChI=1S/C9H19N3/c1-11-6-9(7-11)12-4-2-8(10)3-5-12/h8-9H,2-7,10H2,1H3. The summed E-state index contributed by atoms with van der Waals surface area (Å²) >= 11 is 0. The number of rotatable bonds is 1. The van der Waals surface area contributed by atoms with Crippen molar-refractivity contribution >= 4 is 0 Å². The fourth-order valence-electron chi connectivity index (χ4n) is 2.18. The largest absolute Gasteiger partial charge is 0.328 e. The maximum atomic E-state index is 5.85. The minimum absolute atomic E-state index is 0.471. The van der Waals surface area contributed by atoms with Gasteiger partial charge in [0.05, 0.1) is 0 Å². The second-order valence-electron chi connectivity index (χ2n) is 4.25. The van der Waals surface area contributed by atoms with Crippen LogP contribution in [-0.4, -0.2) is 55.1 Å². The molecule has 2 saturated heterocycles. The molecular weight excluding hydrogens is 150 g/mol. The number of piperidine rings is 1. The fraction of sp³-hybridized carbons (Fsp3) is 1.00. The van der Waals surface area contributed by atoms with Gasteiger partial charge in [-0.25, -0.2) is 0 Å². The molecule has 0 spiro atoms. The summed E-state index contributed by atoms with van der Waals surface area (Å²) in [6.07, 6.45) is 2.39. The van der Waals surface area contributed by atoms with Crippen molar-refractivity contribution in [1.29, 1.82) is 0 Å². The second kappa shape index (κ2) is 3.32. The van der Waals surface area contributed by atoms with Gasteiger partial charge in [-0.3, -0.25) is 4.90 Å². The molecule has 70 valence electrons. The molecular formula is C9H19N3. The summed E-state index contributed by atoms with van der Waals surface area (Å²) < 4.78 is 0. The molecule has 2 fully saturated rings. The molecule has 0 aromatic heterocycles. The van der Waals surface area contributed by atoms with E-state index >= 15 is 0 Å². The van der Waals surface area contributed by atoms with Crippen LogP contribution >= 0.6 is 0 Å². The minimum Gasteiger partial charge on any atom is -0.328 e. The molecule has 3 heteroatoms. The predicted octanol–water partition coefficient (Wildman–Crippen LogP) is -0.276. The third-order valence-corrected chi connectivity index (χ3v) is 3.14. The van der Waals surface area contributed by atoms with Crippen LogP contribution < -0.4 is 5.73 Å². The molecule has 3 nitrogen and oxygen atoms in total. The summed E-state index contributed by atoms with van der Waals surface area (Å²) in [7, 11) is 2.19. The Bertz CT molecular complexity index is 146. The molecule has 0 aromatic carbocycles. The predicted molar refractivity (Wildman–Crippen MR) is 50.1 cm³/mol. The van der Waals surface area contributed by atoms with Gasteiger partial charge in [-0.15, -0.1) is 0 Å². The average Bonchev–Trinajstić information content (AvgIpc) is 2.01. The van der Waals surface area contributed by atoms with Gasteiger partial charge >= 0.3 is 0 Å². The Balaban J connectivity index is 1.75. The zero-order valence-electron chi connectivity index (χ0n) is 7.87. The van der Waals surface area contributed by atoms with Crippen molar-refractivity contribution in [1.82, 2.24) is 9.80 Å². The zero-order chi connectivity index (χ0) is 8.55. The van der Waals surface area contributed by atoms with E-state index in [1.54, 1.807) is 0 Å². The monoisotopic (exact) mass is 169 g/mol. The lowest BCUT2D eigenvalue weighted by Crippen LogP contribution is -2.59. The molecule has 0 aromatic rings. The highest BCUT2D eigenvalue weighted by Gasteiger charge is 2.30. The third kappa shape index (κ3) is 1.63. The quantitative estimate of drug-likeness (QED) is 0.586. The first kappa shape index (κ1) is 8.48. The summed E-state index contributed by atoms with van der Waals surface area (Å²) in [6.45, 7) is 4.96. The van der Waals surface area contributed by atoms with E-state index in [-0.39, 0.29) is 0 Å². The van der Waals surface area contributed by atoms with Gasteiger partial charge in [-0.2, -0.15) is 0 Å². The molecule has 2 heterocycles. The summed E-state index contributed by atoms with van der Waals surface area (Å²) in [4.78, 5) is 4.97. The number of likely N-dealkylation sites (tertiary alicyclic amines) is 2. The van der Waals surface area contributed by atoms with E-state index in [9.17, 15) is 0 Å². The van der Waals surface area contributed by atoms with Gasteiger partial charge in [0, 0.05) is 38.3 Å². The van der Waals surface area contributed by atoms with E-state index in [2.05, 4.69) is 16.8 Å². The maximum absolute atomic E-state index is 5.85. The molecule has 2 N–H and O–H groups in total. The van der Waals surface area contributed by atoms with Crippen LogP contribution in [0.5, 0.6) is 0 Å². The molecule has 0 saturated carbocycles. The van der Waals surface area contributed by atoms with Gasteiger partial charge in [-0.05, 0) is 19.9 Å². The Morgan fingerprint density at radius 1 is 1.17 bits per heavy atom. The highest BCUT2D eigenvalue weighted by Crippen LogP contribution is 2.17. The number of nitrogens with zero attached hydrogens (tertiary/aromatic N) is 2. The van der Waals surface area contributed by atoms with Crippen LogP contribution in [0.15, 0.2) is 0 Å². The molecule has 0 radical (unpaired) electrons. The van der Waals surface area contributed by atoms with Crippen LogP contribution in [0.1, 0.15) is 12.8 Å². The van der Waals surface area contributed by atoms with Crippen LogP contribution in [0.25, 0.3) is 0 Å². The zero-order valence-corrected chi connectivity index (χ0v) is 7.87. The van der Waals surface area contributed by atoms with Crippen LogP contribution in [-0.2, 0) is 0 Å². The Kier molecular flexibility index (Phi) is 2.35. The van der Waals surface area contributed by atoms with E-state index in [0.717, 1.165) is 6.04 Å². The Morgan fingerprint density at radius 3 is 2.25 bits per heavy atom. The Labute approximate surface area is 74.5 Å². The lowest BCUT2D eigenvalue weighted by Gasteiger charge is -2.45. The third-order valence-electron chi connectivity index (χ3n) is 3.14. The van der Waals surface area contributed by atoms with Gasteiger partial charge in [0.25, 0.3) is 0 Å². The highest BCUT2D eigenvalue weighted by molar-refractivity contribution is 4.88. The van der Waals surface area contributed by atoms with Crippen LogP contribution in [0.2, 0.25) is 0 Å². The van der Waals surface area contributed by atoms with Crippen molar-refractivity contribution in [3.8, 4) is 0 Å². The van der Waals surface area contributed by atoms with Crippen LogP contribution in [0.4, 0.5) is 0 Å². The van der Waals surface area contributed by atoms with E-state index < -0.39 is 0 Å². The molecule has 0 aliphatic carbocycles. The van der Waals surface area contributed by atoms with Gasteiger partial charge in [0.1, 0.15) is 0 Å². The van der Waals surface area contributed by atoms with Gasteiger partial charge in [0.15, 0.2) is 0 Å². The van der Waals surface area contributed by atoms with E-state index in [0.29, 0.717) is 6.04 Å². The van der Waals surface area contributed by atoms with Crippen molar-refractivity contribution in [3.63, 3.8) is 0 Å². The van der Waals surface area contributed by atoms with Crippen molar-refractivity contribution < 1.29 is 0 Å². The first-order valence-corrected chi connectivity index (χ1v) is 4.94. The molecule has 12 heavy (non-hydrogen) atoms. The van der Waals surface area contributed by atoms with Gasteiger partial charge < -0.3 is 10.6 Å². The van der Waals surface area contributed by atoms with Gasteiger partial charge in [0.2, 0.25) is 0 Å². The van der Waals surface area contributed by atoms with E-state index in [1.165, 1.54) is 39.0 Å². The summed E-state index contributed by atoms with van der Waals surface area (Å²) in [6, 6.07) is 1.31. The summed E-state index contributed by atoms with van der Waals surface area (Å²) in [5.74, 6) is 0. The van der Waals surface area contributed by atoms with Crippen LogP contribution in [0.3, 0.4) is 0 Å². The lowest BCUT2D eigenvalue weighted by atomic mass is 10.0. The van der Waals surface area contributed by atoms with Crippen molar-refractivity contribution in [2.75, 3.05) is 33.2 Å². The normalized spacial score (nSPS) is 30.5. The second-order valence-corrected chi connectivity index (χ2v) is 4.25. The number of nitrogens with two attached hydrogens (primary N) is 1. The first-order chi connectivity index (χ1) is 5.75. The first-order valence-electron chi connectivity index (χ1n) is 4.94. The molecule has 0 bridgehead atoms. The van der Waals surface area contributed by atoms with Crippen molar-refractivity contribution in [2.24, 2.45) is 5.73 Å². The fourth-order valence-corrected chi connectivity index (χ4v) is 2.18. The lowest BCUT2D eigenvalue weighted by molar-refractivity contribution is 0.0368. The molecule has 2 rings (SSSR count). The highest BCUT2D eigenvalue weighted by atomic mass is 15.3. The molecule has 2 aliphatic heterocycles. The van der Waals surface area contributed by atoms with Crippen molar-refractivity contribution in [2.45, 2.75) is 24.9 Å². The Morgan fingerprint density at radius 2 is 1.75 bits per heavy atom. The molecule has 2 aliphatic rings. The van der Waals surface area contributed by atoms with Crippen molar-refractivity contribution in [3.05, 3.63) is 0 Å². The van der Waals surface area contributed by atoms with Gasteiger partial charge in [-0.1, -0.05) is 0 Å². The number of hydrogen-bond acceptors (Lipinski definition) is 3. The van der Waals surface area contributed by atoms with Crippen LogP contribution in [0, 0.1) is 0 Å². The Hall–Kier alpha value is -0.120.